The zero-order chi connectivity index (χ0) is 19.3. The van der Waals surface area contributed by atoms with Crippen LogP contribution in [0.25, 0.3) is 22.3 Å². The smallest absolute Gasteiger partial charge is 0.340 e. The van der Waals surface area contributed by atoms with Crippen molar-refractivity contribution in [3.63, 3.8) is 0 Å². The maximum atomic E-state index is 11.4. The lowest BCUT2D eigenvalue weighted by atomic mass is 9.96. The molecule has 3 rings (SSSR count). The molecule has 6 N–H and O–H groups in total. The van der Waals surface area contributed by atoms with E-state index >= 15 is 0 Å². The first-order valence-corrected chi connectivity index (χ1v) is 7.43. The van der Waals surface area contributed by atoms with E-state index in [1.165, 1.54) is 19.9 Å². The molecule has 8 heteroatoms. The molecule has 1 aromatic heterocycles. The zero-order valence-corrected chi connectivity index (χ0v) is 13.7. The Bertz CT molecular complexity index is 1090. The van der Waals surface area contributed by atoms with E-state index in [1.54, 1.807) is 0 Å². The minimum Gasteiger partial charge on any atom is -0.588 e. The Morgan fingerprint density at radius 2 is 1.50 bits per heavy atom. The summed E-state index contributed by atoms with van der Waals surface area (Å²) in [5.74, 6) is -2.99. The zero-order valence-electron chi connectivity index (χ0n) is 13.7. The van der Waals surface area contributed by atoms with Crippen molar-refractivity contribution >= 4 is 23.5 Å². The molecule has 0 amide bonds. The second-order valence-electron chi connectivity index (χ2n) is 5.81. The van der Waals surface area contributed by atoms with Crippen LogP contribution in [-0.4, -0.2) is 38.1 Å². The number of carbonyl (C=O) groups is 2. The first-order valence-electron chi connectivity index (χ1n) is 7.43. The molecular weight excluding hydrogens is 344 g/mol. The molecule has 8 nitrogen and oxygen atoms in total. The van der Waals surface area contributed by atoms with Crippen LogP contribution < -0.4 is 0 Å². The summed E-state index contributed by atoms with van der Waals surface area (Å²) < 4.78 is 5.53. The number of aromatic hydroxyl groups is 4. The summed E-state index contributed by atoms with van der Waals surface area (Å²) >= 11 is 0. The van der Waals surface area contributed by atoms with Crippen molar-refractivity contribution in [2.75, 3.05) is 0 Å². The van der Waals surface area contributed by atoms with Crippen molar-refractivity contribution in [2.24, 2.45) is 0 Å². The summed E-state index contributed by atoms with van der Waals surface area (Å²) in [7, 11) is 0. The van der Waals surface area contributed by atoms with Gasteiger partial charge in [-0.15, -0.1) is 0 Å². The predicted molar refractivity (Wildman–Crippen MR) is 91.6 cm³/mol. The lowest BCUT2D eigenvalue weighted by molar-refractivity contribution is 0.111. The van der Waals surface area contributed by atoms with Gasteiger partial charge >= 0.3 is 5.75 Å². The molecule has 26 heavy (non-hydrogen) atoms. The van der Waals surface area contributed by atoms with Gasteiger partial charge in [-0.05, 0) is 19.9 Å². The normalized spacial score (nSPS) is 11.0. The van der Waals surface area contributed by atoms with Crippen LogP contribution in [0.2, 0.25) is 0 Å². The van der Waals surface area contributed by atoms with E-state index in [0.717, 1.165) is 0 Å². The first-order chi connectivity index (χ1) is 12.2. The second kappa shape index (κ2) is 5.69. The molecule has 0 aliphatic carbocycles. The summed E-state index contributed by atoms with van der Waals surface area (Å²) in [5, 5.41) is 47.9. The Hall–Kier alpha value is -3.68. The summed E-state index contributed by atoms with van der Waals surface area (Å²) in [6, 6.07) is 1.35. The van der Waals surface area contributed by atoms with Gasteiger partial charge in [0.1, 0.15) is 5.76 Å². The fourth-order valence-corrected chi connectivity index (χ4v) is 2.96. The molecule has 0 bridgehead atoms. The molecule has 0 atom stereocenters. The van der Waals surface area contributed by atoms with E-state index < -0.39 is 28.7 Å². The van der Waals surface area contributed by atoms with Gasteiger partial charge in [0.15, 0.2) is 23.9 Å². The van der Waals surface area contributed by atoms with E-state index in [-0.39, 0.29) is 44.5 Å². The fourth-order valence-electron chi connectivity index (χ4n) is 2.96. The average Bonchev–Trinajstić information content (AvgIpc) is 3.06. The van der Waals surface area contributed by atoms with Gasteiger partial charge in [0.2, 0.25) is 17.2 Å². The maximum Gasteiger partial charge on any atom is 0.340 e. The molecule has 0 spiro atoms. The minimum absolute atomic E-state index is 0.00981. The topological polar surface area (TPSA) is 151 Å². The van der Waals surface area contributed by atoms with Crippen LogP contribution in [0.3, 0.4) is 0 Å². The van der Waals surface area contributed by atoms with E-state index in [4.69, 9.17) is 9.52 Å². The third kappa shape index (κ3) is 2.08. The van der Waals surface area contributed by atoms with Gasteiger partial charge in [-0.2, -0.15) is 0 Å². The number of benzene rings is 2. The van der Waals surface area contributed by atoms with Crippen LogP contribution in [0, 0.1) is 13.8 Å². The number of aldehydes is 2. The van der Waals surface area contributed by atoms with Crippen LogP contribution >= 0.6 is 0 Å². The van der Waals surface area contributed by atoms with Gasteiger partial charge in [-0.1, -0.05) is 0 Å². The molecule has 0 aliphatic rings. The van der Waals surface area contributed by atoms with Crippen molar-refractivity contribution < 1.29 is 39.5 Å². The van der Waals surface area contributed by atoms with Gasteiger partial charge in [-0.25, -0.2) is 0 Å². The van der Waals surface area contributed by atoms with Crippen LogP contribution in [-0.2, 0) is 0 Å². The minimum atomic E-state index is -0.725. The van der Waals surface area contributed by atoms with E-state index in [2.05, 4.69) is 0 Å². The number of hydrogen-bond acceptors (Lipinski definition) is 7. The quantitative estimate of drug-likeness (QED) is 0.319. The Kier molecular flexibility index (Phi) is 3.76. The van der Waals surface area contributed by atoms with Crippen LogP contribution in [0.5, 0.6) is 28.7 Å². The van der Waals surface area contributed by atoms with Crippen molar-refractivity contribution in [1.29, 1.82) is 0 Å². The number of phenolic OH excluding ortho intramolecular Hbond substituents is 4. The monoisotopic (exact) mass is 359 g/mol. The highest BCUT2D eigenvalue weighted by molar-refractivity contribution is 6.04. The van der Waals surface area contributed by atoms with E-state index in [1.807, 2.05) is 0 Å². The van der Waals surface area contributed by atoms with E-state index in [9.17, 15) is 30.0 Å². The summed E-state index contributed by atoms with van der Waals surface area (Å²) in [6.07, 6.45) is 0.803. The van der Waals surface area contributed by atoms with Crippen LogP contribution in [0.1, 0.15) is 31.8 Å². The molecule has 134 valence electrons. The van der Waals surface area contributed by atoms with Crippen molar-refractivity contribution in [3.8, 4) is 40.1 Å². The average molecular weight is 359 g/mol. The van der Waals surface area contributed by atoms with Gasteiger partial charge in [0.05, 0.1) is 5.56 Å². The van der Waals surface area contributed by atoms with Crippen LogP contribution in [0.15, 0.2) is 10.5 Å². The standard InChI is InChI=1S/C18H14O8/c1-6-9(4-19)8-3-11(26-18(8)17(25)13(6)21)12-7(2)14(22)16(24)15(23)10(12)5-20/h3-5,21-25H,1-2H3/p+1. The van der Waals surface area contributed by atoms with Gasteiger partial charge in [0, 0.05) is 27.6 Å². The molecule has 0 saturated carbocycles. The number of rotatable bonds is 3. The number of carbonyl (C=O) groups excluding carboxylic acids is 2. The highest BCUT2D eigenvalue weighted by Gasteiger charge is 2.28. The SMILES string of the molecule is Cc1c(O)c([OH2+])c(O)c(C=O)c1-c1cc2c(C=O)c(C)c(O)c(O)c2o1. The Morgan fingerprint density at radius 3 is 2.08 bits per heavy atom. The first kappa shape index (κ1) is 17.2. The van der Waals surface area contributed by atoms with Crippen molar-refractivity contribution in [3.05, 3.63) is 28.3 Å². The third-order valence-electron chi connectivity index (χ3n) is 4.43. The van der Waals surface area contributed by atoms with Gasteiger partial charge in [0.25, 0.3) is 0 Å². The summed E-state index contributed by atoms with van der Waals surface area (Å²) in [4.78, 5) is 22.8. The second-order valence-corrected chi connectivity index (χ2v) is 5.81. The molecule has 0 unspecified atom stereocenters. The summed E-state index contributed by atoms with van der Waals surface area (Å²) in [6.45, 7) is 2.87. The Labute approximate surface area is 146 Å². The highest BCUT2D eigenvalue weighted by Crippen LogP contribution is 2.49. The van der Waals surface area contributed by atoms with Crippen molar-refractivity contribution in [1.82, 2.24) is 0 Å². The number of fused-ring (bicyclic) bond motifs is 1. The number of hydrogen-bond donors (Lipinski definition) is 4. The molecule has 1 heterocycles. The molecule has 0 saturated heterocycles. The predicted octanol–water partition coefficient (Wildman–Crippen LogP) is 2.60. The maximum absolute atomic E-state index is 11.4. The fraction of sp³-hybridized carbons (Fsp3) is 0.111. The van der Waals surface area contributed by atoms with E-state index in [0.29, 0.717) is 12.6 Å². The number of furan rings is 1. The molecule has 0 fully saturated rings. The Balaban J connectivity index is 2.47. The molecule has 3 aromatic rings. The summed E-state index contributed by atoms with van der Waals surface area (Å²) in [5.41, 5.74) is -0.122. The van der Waals surface area contributed by atoms with Crippen molar-refractivity contribution in [2.45, 2.75) is 13.8 Å². The third-order valence-corrected chi connectivity index (χ3v) is 4.43. The van der Waals surface area contributed by atoms with Crippen LogP contribution in [0.4, 0.5) is 0 Å². The number of phenols is 4. The highest BCUT2D eigenvalue weighted by atomic mass is 16.4. The molecule has 0 aliphatic heterocycles. The lowest BCUT2D eigenvalue weighted by Gasteiger charge is -2.10. The molecule has 0 radical (unpaired) electrons. The molecule has 2 aromatic carbocycles. The lowest BCUT2D eigenvalue weighted by Crippen LogP contribution is -1.93. The largest absolute Gasteiger partial charge is 0.588 e. The van der Waals surface area contributed by atoms with Gasteiger partial charge in [-0.3, -0.25) is 9.59 Å². The molecular formula is C18H15O8+. The Morgan fingerprint density at radius 1 is 0.885 bits per heavy atom. The van der Waals surface area contributed by atoms with Gasteiger partial charge < -0.3 is 29.9 Å².